The lowest BCUT2D eigenvalue weighted by molar-refractivity contribution is 0.209. The van der Waals surface area contributed by atoms with Crippen LogP contribution < -0.4 is 9.08 Å². The molecule has 212 valence electrons. The van der Waals surface area contributed by atoms with Crippen molar-refractivity contribution in [3.63, 3.8) is 0 Å². The minimum Gasteiger partial charge on any atom is -0.396 e. The van der Waals surface area contributed by atoms with Gasteiger partial charge >= 0.3 is 10.1 Å². The average molecular weight is 561 g/mol. The highest BCUT2D eigenvalue weighted by Crippen LogP contribution is 2.37. The molecule has 1 heterocycles. The quantitative estimate of drug-likeness (QED) is 0.235. The summed E-state index contributed by atoms with van der Waals surface area (Å²) in [5.41, 5.74) is 6.61. The van der Waals surface area contributed by atoms with Crippen LogP contribution in [0.4, 0.5) is 5.69 Å². The molecule has 0 unspecified atom stereocenters. The van der Waals surface area contributed by atoms with Gasteiger partial charge in [-0.15, -0.1) is 0 Å². The number of aliphatic hydroxyl groups excluding tert-OH is 1. The number of rotatable bonds is 11. The molecule has 1 aliphatic carbocycles. The van der Waals surface area contributed by atoms with E-state index in [4.69, 9.17) is 4.18 Å². The second-order valence-electron chi connectivity index (χ2n) is 11.0. The van der Waals surface area contributed by atoms with Crippen molar-refractivity contribution in [2.24, 2.45) is 0 Å². The fraction of sp³-hybridized carbons (Fsp3) is 0.394. The van der Waals surface area contributed by atoms with Crippen LogP contribution in [-0.2, 0) is 10.1 Å². The summed E-state index contributed by atoms with van der Waals surface area (Å²) in [6.07, 6.45) is 2.69. The lowest BCUT2D eigenvalue weighted by atomic mass is 9.87. The van der Waals surface area contributed by atoms with Gasteiger partial charge in [0, 0.05) is 44.5 Å². The summed E-state index contributed by atoms with van der Waals surface area (Å²) >= 11 is 0. The summed E-state index contributed by atoms with van der Waals surface area (Å²) in [7, 11) is -3.57. The van der Waals surface area contributed by atoms with Gasteiger partial charge in [-0.1, -0.05) is 54.6 Å². The van der Waals surface area contributed by atoms with Gasteiger partial charge in [-0.05, 0) is 91.6 Å². The third-order valence-corrected chi connectivity index (χ3v) is 9.58. The van der Waals surface area contributed by atoms with Crippen LogP contribution in [0.2, 0.25) is 0 Å². The van der Waals surface area contributed by atoms with Gasteiger partial charge in [-0.2, -0.15) is 8.42 Å². The van der Waals surface area contributed by atoms with Gasteiger partial charge in [-0.25, -0.2) is 0 Å². The maximum absolute atomic E-state index is 12.4. The summed E-state index contributed by atoms with van der Waals surface area (Å²) in [6.45, 7) is 8.77. The standard InChI is InChI=1S/C33H40N2O4S/c1-25(2)34-20-22-35(23-21-34)29-14-10-27(11-15-29)33(32(9-6-24-36)26-7-4-3-5-8-26)28-12-16-30(17-13-28)39-40(37,38)31-18-19-31/h3-5,7-8,10-17,25,31,36H,6,9,18-24H2,1-2H3. The monoisotopic (exact) mass is 560 g/mol. The molecule has 3 aromatic rings. The van der Waals surface area contributed by atoms with Crippen molar-refractivity contribution in [2.45, 2.75) is 50.8 Å². The van der Waals surface area contributed by atoms with E-state index in [9.17, 15) is 13.5 Å². The summed E-state index contributed by atoms with van der Waals surface area (Å²) in [5, 5.41) is 9.33. The number of allylic oxidation sites excluding steroid dienone is 1. The summed E-state index contributed by atoms with van der Waals surface area (Å²) in [4.78, 5) is 4.96. The molecular formula is C33H40N2O4S. The number of anilines is 1. The van der Waals surface area contributed by atoms with Crippen LogP contribution in [0.25, 0.3) is 11.1 Å². The van der Waals surface area contributed by atoms with Gasteiger partial charge < -0.3 is 14.2 Å². The Morgan fingerprint density at radius 1 is 0.850 bits per heavy atom. The average Bonchev–Trinajstić information content (AvgIpc) is 3.83. The molecule has 0 atom stereocenters. The van der Waals surface area contributed by atoms with Crippen LogP contribution in [0.3, 0.4) is 0 Å². The Balaban J connectivity index is 1.50. The highest BCUT2D eigenvalue weighted by atomic mass is 32.2. The smallest absolute Gasteiger partial charge is 0.312 e. The van der Waals surface area contributed by atoms with Crippen LogP contribution in [0.1, 0.15) is 56.2 Å². The highest BCUT2D eigenvalue weighted by molar-refractivity contribution is 7.88. The summed E-state index contributed by atoms with van der Waals surface area (Å²) in [6, 6.07) is 27.0. The van der Waals surface area contributed by atoms with E-state index in [1.54, 1.807) is 12.1 Å². The van der Waals surface area contributed by atoms with Gasteiger partial charge in [0.1, 0.15) is 5.75 Å². The van der Waals surface area contributed by atoms with Crippen molar-refractivity contribution < 1.29 is 17.7 Å². The molecule has 3 aromatic carbocycles. The Bertz CT molecular complexity index is 1390. The molecule has 2 aliphatic rings. The first kappa shape index (κ1) is 28.4. The normalized spacial score (nSPS) is 17.1. The molecule has 0 amide bonds. The Morgan fingerprint density at radius 2 is 1.45 bits per heavy atom. The zero-order valence-corrected chi connectivity index (χ0v) is 24.3. The van der Waals surface area contributed by atoms with E-state index in [-0.39, 0.29) is 11.9 Å². The second kappa shape index (κ2) is 12.6. The molecule has 1 N–H and O–H groups in total. The van der Waals surface area contributed by atoms with Crippen LogP contribution in [0, 0.1) is 0 Å². The first-order valence-electron chi connectivity index (χ1n) is 14.4. The minimum atomic E-state index is -3.57. The zero-order chi connectivity index (χ0) is 28.1. The van der Waals surface area contributed by atoms with Crippen molar-refractivity contribution in [1.82, 2.24) is 4.90 Å². The number of aliphatic hydroxyl groups is 1. The topological polar surface area (TPSA) is 70.1 Å². The number of hydrogen-bond donors (Lipinski definition) is 1. The number of piperazine rings is 1. The van der Waals surface area contributed by atoms with Crippen LogP contribution in [0.5, 0.6) is 5.75 Å². The molecule has 6 nitrogen and oxygen atoms in total. The van der Waals surface area contributed by atoms with Gasteiger partial charge in [0.2, 0.25) is 0 Å². The molecule has 0 aromatic heterocycles. The minimum absolute atomic E-state index is 0.108. The van der Waals surface area contributed by atoms with Crippen molar-refractivity contribution in [1.29, 1.82) is 0 Å². The molecule has 1 saturated carbocycles. The molecule has 2 fully saturated rings. The van der Waals surface area contributed by atoms with Crippen molar-refractivity contribution in [3.05, 3.63) is 95.6 Å². The highest BCUT2D eigenvalue weighted by Gasteiger charge is 2.37. The molecule has 5 rings (SSSR count). The number of benzene rings is 3. The fourth-order valence-corrected chi connectivity index (χ4v) is 6.62. The molecule has 1 saturated heterocycles. The van der Waals surface area contributed by atoms with E-state index in [1.807, 2.05) is 30.3 Å². The van der Waals surface area contributed by atoms with Gasteiger partial charge in [-0.3, -0.25) is 4.90 Å². The number of nitrogens with zero attached hydrogens (tertiary/aromatic N) is 2. The molecule has 0 spiro atoms. The maximum Gasteiger partial charge on any atom is 0.312 e. The van der Waals surface area contributed by atoms with Crippen molar-refractivity contribution >= 4 is 27.0 Å². The first-order chi connectivity index (χ1) is 19.4. The lowest BCUT2D eigenvalue weighted by Gasteiger charge is -2.38. The Labute approximate surface area is 239 Å². The van der Waals surface area contributed by atoms with E-state index in [2.05, 4.69) is 60.0 Å². The van der Waals surface area contributed by atoms with Crippen LogP contribution in [-0.4, -0.2) is 62.5 Å². The van der Waals surface area contributed by atoms with E-state index < -0.39 is 10.1 Å². The van der Waals surface area contributed by atoms with E-state index in [0.29, 0.717) is 37.5 Å². The maximum atomic E-state index is 12.4. The molecule has 1 aliphatic heterocycles. The van der Waals surface area contributed by atoms with Gasteiger partial charge in [0.25, 0.3) is 0 Å². The fourth-order valence-electron chi connectivity index (χ4n) is 5.40. The van der Waals surface area contributed by atoms with E-state index >= 15 is 0 Å². The molecular weight excluding hydrogens is 520 g/mol. The largest absolute Gasteiger partial charge is 0.396 e. The third kappa shape index (κ3) is 6.77. The SMILES string of the molecule is CC(C)N1CCN(c2ccc(C(=C(CCCO)c3ccccc3)c3ccc(OS(=O)(=O)C4CC4)cc3)cc2)CC1. The Hall–Kier alpha value is -3.13. The van der Waals surface area contributed by atoms with Crippen LogP contribution in [0.15, 0.2) is 78.9 Å². The predicted octanol–water partition coefficient (Wildman–Crippen LogP) is 5.82. The second-order valence-corrected chi connectivity index (χ2v) is 12.8. The van der Waals surface area contributed by atoms with E-state index in [0.717, 1.165) is 54.0 Å². The van der Waals surface area contributed by atoms with E-state index in [1.165, 1.54) is 5.69 Å². The summed E-state index contributed by atoms with van der Waals surface area (Å²) in [5.74, 6) is 0.336. The molecule has 7 heteroatoms. The molecule has 40 heavy (non-hydrogen) atoms. The van der Waals surface area contributed by atoms with Crippen molar-refractivity contribution in [3.8, 4) is 5.75 Å². The third-order valence-electron chi connectivity index (χ3n) is 7.86. The Kier molecular flexibility index (Phi) is 8.94. The summed E-state index contributed by atoms with van der Waals surface area (Å²) < 4.78 is 30.1. The van der Waals surface area contributed by atoms with Gasteiger partial charge in [0.05, 0.1) is 5.25 Å². The zero-order valence-electron chi connectivity index (χ0n) is 23.5. The predicted molar refractivity (Wildman–Crippen MR) is 163 cm³/mol. The van der Waals surface area contributed by atoms with Crippen molar-refractivity contribution in [2.75, 3.05) is 37.7 Å². The molecule has 0 bridgehead atoms. The molecule has 0 radical (unpaired) electrons. The van der Waals surface area contributed by atoms with Crippen LogP contribution >= 0.6 is 0 Å². The first-order valence-corrected chi connectivity index (χ1v) is 15.9. The number of hydrogen-bond acceptors (Lipinski definition) is 6. The lowest BCUT2D eigenvalue weighted by Crippen LogP contribution is -2.48. The van der Waals surface area contributed by atoms with Gasteiger partial charge in [0.15, 0.2) is 0 Å². The Morgan fingerprint density at radius 3 is 2.00 bits per heavy atom.